The van der Waals surface area contributed by atoms with Crippen molar-refractivity contribution >= 4 is 46.1 Å². The molecular formula is C19H18ClN3O4S2. The molecule has 0 spiro atoms. The van der Waals surface area contributed by atoms with Crippen LogP contribution in [0, 0.1) is 0 Å². The van der Waals surface area contributed by atoms with Crippen molar-refractivity contribution in [3.63, 3.8) is 0 Å². The molecule has 0 aliphatic carbocycles. The first-order chi connectivity index (χ1) is 13.9. The van der Waals surface area contributed by atoms with E-state index >= 15 is 0 Å². The Hall–Kier alpha value is -2.62. The van der Waals surface area contributed by atoms with E-state index in [1.54, 1.807) is 18.2 Å². The third-order valence-corrected chi connectivity index (χ3v) is 6.06. The number of hydrogen-bond donors (Lipinski definition) is 2. The second-order valence-electron chi connectivity index (χ2n) is 5.94. The van der Waals surface area contributed by atoms with Gasteiger partial charge in [0.15, 0.2) is 18.1 Å². The first kappa shape index (κ1) is 21.1. The van der Waals surface area contributed by atoms with Crippen molar-refractivity contribution in [2.75, 3.05) is 13.7 Å². The van der Waals surface area contributed by atoms with Gasteiger partial charge in [-0.25, -0.2) is 4.98 Å². The summed E-state index contributed by atoms with van der Waals surface area (Å²) in [5.74, 6) is 0.150. The maximum absolute atomic E-state index is 12.3. The van der Waals surface area contributed by atoms with Crippen LogP contribution in [-0.4, -0.2) is 30.5 Å². The lowest BCUT2D eigenvalue weighted by Gasteiger charge is -2.11. The van der Waals surface area contributed by atoms with E-state index in [1.165, 1.54) is 29.8 Å². The number of nitrogens with two attached hydrogens (primary N) is 1. The van der Waals surface area contributed by atoms with E-state index in [9.17, 15) is 9.59 Å². The van der Waals surface area contributed by atoms with Crippen LogP contribution >= 0.6 is 34.3 Å². The molecule has 7 nitrogen and oxygen atoms in total. The van der Waals surface area contributed by atoms with E-state index in [1.807, 2.05) is 17.5 Å². The smallest absolute Gasteiger partial charge is 0.255 e. The molecule has 0 saturated carbocycles. The van der Waals surface area contributed by atoms with Crippen molar-refractivity contribution in [3.05, 3.63) is 51.3 Å². The monoisotopic (exact) mass is 451 g/mol. The number of nitrogens with zero attached hydrogens (tertiary/aromatic N) is 1. The van der Waals surface area contributed by atoms with Gasteiger partial charge in [-0.2, -0.15) is 0 Å². The van der Waals surface area contributed by atoms with Crippen LogP contribution in [0.4, 0.5) is 0 Å². The first-order valence-electron chi connectivity index (χ1n) is 8.49. The standard InChI is InChI=1S/C19H18ClN3O4S2/c1-26-14-6-11(2-3-13(14)27-9-17(21)24)8-22-18(25)7-12-10-28-19(23-12)15-4-5-16(20)29-15/h2-6,10H,7-9H2,1H3,(H2,21,24)(H,22,25). The molecule has 3 N–H and O–H groups in total. The van der Waals surface area contributed by atoms with E-state index in [-0.39, 0.29) is 18.9 Å². The van der Waals surface area contributed by atoms with Crippen molar-refractivity contribution in [3.8, 4) is 21.4 Å². The van der Waals surface area contributed by atoms with Crippen LogP contribution in [0.3, 0.4) is 0 Å². The number of rotatable bonds is 9. The third kappa shape index (κ3) is 5.93. The van der Waals surface area contributed by atoms with Gasteiger partial charge >= 0.3 is 0 Å². The van der Waals surface area contributed by atoms with Gasteiger partial charge in [0.05, 0.1) is 28.4 Å². The summed E-state index contributed by atoms with van der Waals surface area (Å²) in [5.41, 5.74) is 6.62. The van der Waals surface area contributed by atoms with Crippen LogP contribution in [0.25, 0.3) is 9.88 Å². The third-order valence-electron chi connectivity index (χ3n) is 3.77. The number of carbonyl (C=O) groups excluding carboxylic acids is 2. The van der Waals surface area contributed by atoms with Crippen molar-refractivity contribution < 1.29 is 19.1 Å². The predicted octanol–water partition coefficient (Wildman–Crippen LogP) is 3.26. The minimum atomic E-state index is -0.573. The molecular weight excluding hydrogens is 434 g/mol. The Kier molecular flexibility index (Phi) is 7.08. The van der Waals surface area contributed by atoms with Crippen molar-refractivity contribution in [1.29, 1.82) is 0 Å². The predicted molar refractivity (Wildman–Crippen MR) is 114 cm³/mol. The van der Waals surface area contributed by atoms with E-state index in [0.29, 0.717) is 28.1 Å². The molecule has 29 heavy (non-hydrogen) atoms. The zero-order valence-electron chi connectivity index (χ0n) is 15.4. The quantitative estimate of drug-likeness (QED) is 0.519. The Morgan fingerprint density at radius 2 is 2.07 bits per heavy atom. The number of methoxy groups -OCH3 is 1. The highest BCUT2D eigenvalue weighted by molar-refractivity contribution is 7.23. The number of aromatic nitrogens is 1. The van der Waals surface area contributed by atoms with E-state index < -0.39 is 5.91 Å². The van der Waals surface area contributed by atoms with E-state index in [2.05, 4.69) is 10.3 Å². The SMILES string of the molecule is COc1cc(CNC(=O)Cc2csc(-c3ccc(Cl)s3)n2)ccc1OCC(N)=O. The maximum atomic E-state index is 12.3. The molecule has 2 amide bonds. The van der Waals surface area contributed by atoms with Gasteiger partial charge in [-0.15, -0.1) is 22.7 Å². The molecule has 0 aliphatic rings. The number of halogens is 1. The molecule has 3 rings (SSSR count). The van der Waals surface area contributed by atoms with Crippen molar-refractivity contribution in [2.45, 2.75) is 13.0 Å². The van der Waals surface area contributed by atoms with Crippen LogP contribution in [-0.2, 0) is 22.6 Å². The van der Waals surface area contributed by atoms with Gasteiger partial charge in [-0.1, -0.05) is 17.7 Å². The lowest BCUT2D eigenvalue weighted by Crippen LogP contribution is -2.24. The fraction of sp³-hybridized carbons (Fsp3) is 0.211. The molecule has 3 aromatic rings. The zero-order valence-corrected chi connectivity index (χ0v) is 17.8. The minimum Gasteiger partial charge on any atom is -0.493 e. The molecule has 2 heterocycles. The number of benzene rings is 1. The fourth-order valence-corrected chi connectivity index (χ4v) is 4.38. The number of carbonyl (C=O) groups is 2. The lowest BCUT2D eigenvalue weighted by atomic mass is 10.2. The van der Waals surface area contributed by atoms with E-state index in [0.717, 1.165) is 15.4 Å². The largest absolute Gasteiger partial charge is 0.493 e. The summed E-state index contributed by atoms with van der Waals surface area (Å²) in [7, 11) is 1.50. The molecule has 10 heteroatoms. The minimum absolute atomic E-state index is 0.140. The number of thiazole rings is 1. The van der Waals surface area contributed by atoms with Crippen molar-refractivity contribution in [2.24, 2.45) is 5.73 Å². The van der Waals surface area contributed by atoms with Gasteiger partial charge in [-0.3, -0.25) is 9.59 Å². The molecule has 0 atom stereocenters. The number of ether oxygens (including phenoxy) is 2. The molecule has 0 fully saturated rings. The lowest BCUT2D eigenvalue weighted by molar-refractivity contribution is -0.121. The maximum Gasteiger partial charge on any atom is 0.255 e. The molecule has 0 radical (unpaired) electrons. The Morgan fingerprint density at radius 3 is 2.76 bits per heavy atom. The summed E-state index contributed by atoms with van der Waals surface area (Å²) in [6.07, 6.45) is 0.187. The topological polar surface area (TPSA) is 104 Å². The van der Waals surface area contributed by atoms with Crippen LogP contribution in [0.15, 0.2) is 35.7 Å². The highest BCUT2D eigenvalue weighted by Gasteiger charge is 2.12. The summed E-state index contributed by atoms with van der Waals surface area (Å²) in [6.45, 7) is 0.0859. The molecule has 152 valence electrons. The summed E-state index contributed by atoms with van der Waals surface area (Å²) in [4.78, 5) is 28.6. The van der Waals surface area contributed by atoms with Crippen LogP contribution < -0.4 is 20.5 Å². The van der Waals surface area contributed by atoms with Crippen molar-refractivity contribution in [1.82, 2.24) is 10.3 Å². The second-order valence-corrected chi connectivity index (χ2v) is 8.51. The van der Waals surface area contributed by atoms with Gasteiger partial charge < -0.3 is 20.5 Å². The molecule has 0 aliphatic heterocycles. The molecule has 2 aromatic heterocycles. The Labute approximate surface area is 180 Å². The highest BCUT2D eigenvalue weighted by atomic mass is 35.5. The fourth-order valence-electron chi connectivity index (χ4n) is 2.45. The zero-order chi connectivity index (χ0) is 20.8. The van der Waals surface area contributed by atoms with Gasteiger partial charge in [0.1, 0.15) is 5.01 Å². The second kappa shape index (κ2) is 9.73. The number of primary amides is 1. The number of hydrogen-bond acceptors (Lipinski definition) is 7. The summed E-state index contributed by atoms with van der Waals surface area (Å²) in [6, 6.07) is 8.93. The number of nitrogens with one attached hydrogen (secondary N) is 1. The van der Waals surface area contributed by atoms with Gasteiger partial charge in [-0.05, 0) is 29.8 Å². The number of thiophene rings is 1. The summed E-state index contributed by atoms with van der Waals surface area (Å²) < 4.78 is 11.3. The van der Waals surface area contributed by atoms with Gasteiger partial charge in [0.2, 0.25) is 5.91 Å². The average Bonchev–Trinajstić information content (AvgIpc) is 3.33. The van der Waals surface area contributed by atoms with Crippen LogP contribution in [0.1, 0.15) is 11.3 Å². The summed E-state index contributed by atoms with van der Waals surface area (Å²) in [5, 5.41) is 5.58. The average molecular weight is 452 g/mol. The summed E-state index contributed by atoms with van der Waals surface area (Å²) >= 11 is 8.90. The first-order valence-corrected chi connectivity index (χ1v) is 10.6. The Morgan fingerprint density at radius 1 is 1.24 bits per heavy atom. The molecule has 0 unspecified atom stereocenters. The Balaban J connectivity index is 1.55. The molecule has 1 aromatic carbocycles. The number of amides is 2. The van der Waals surface area contributed by atoms with Gasteiger partial charge in [0, 0.05) is 11.9 Å². The van der Waals surface area contributed by atoms with E-state index in [4.69, 9.17) is 26.8 Å². The van der Waals surface area contributed by atoms with Crippen LogP contribution in [0.5, 0.6) is 11.5 Å². The molecule has 0 saturated heterocycles. The normalized spacial score (nSPS) is 10.6. The van der Waals surface area contributed by atoms with Gasteiger partial charge in [0.25, 0.3) is 5.91 Å². The molecule has 0 bridgehead atoms. The van der Waals surface area contributed by atoms with Crippen LogP contribution in [0.2, 0.25) is 4.34 Å². The Bertz CT molecular complexity index is 1020. The highest BCUT2D eigenvalue weighted by Crippen LogP contribution is 2.33.